The van der Waals surface area contributed by atoms with Crippen LogP contribution in [0.25, 0.3) is 0 Å². The Morgan fingerprint density at radius 3 is 2.62 bits per heavy atom. The summed E-state index contributed by atoms with van der Waals surface area (Å²) in [6.45, 7) is 3.54. The van der Waals surface area contributed by atoms with Crippen molar-refractivity contribution in [3.8, 4) is 0 Å². The van der Waals surface area contributed by atoms with E-state index in [-0.39, 0.29) is 0 Å². The highest BCUT2D eigenvalue weighted by Gasteiger charge is 2.18. The maximum atomic E-state index is 4.06. The second-order valence-corrected chi connectivity index (χ2v) is 4.53. The Bertz CT molecular complexity index is 291. The molecule has 1 aromatic heterocycles. The van der Waals surface area contributed by atoms with Crippen molar-refractivity contribution < 1.29 is 0 Å². The average molecular weight is 219 g/mol. The van der Waals surface area contributed by atoms with E-state index in [4.69, 9.17) is 0 Å². The van der Waals surface area contributed by atoms with Gasteiger partial charge in [-0.3, -0.25) is 4.98 Å². The lowest BCUT2D eigenvalue weighted by molar-refractivity contribution is 0.378. The number of hydrogen-bond donors (Lipinski definition) is 1. The first kappa shape index (κ1) is 11.4. The summed E-state index contributed by atoms with van der Waals surface area (Å²) in [6.07, 6.45) is 7.72. The lowest BCUT2D eigenvalue weighted by atomic mass is 9.93. The molecule has 0 aromatic carbocycles. The monoisotopic (exact) mass is 219 g/mol. The molecule has 1 saturated heterocycles. The minimum Gasteiger partial charge on any atom is -0.371 e. The summed E-state index contributed by atoms with van der Waals surface area (Å²) < 4.78 is 0. The number of anilines is 1. The van der Waals surface area contributed by atoms with Crippen LogP contribution < -0.4 is 10.2 Å². The van der Waals surface area contributed by atoms with Gasteiger partial charge >= 0.3 is 0 Å². The lowest BCUT2D eigenvalue weighted by Gasteiger charge is -2.33. The fourth-order valence-corrected chi connectivity index (χ4v) is 2.38. The quantitative estimate of drug-likeness (QED) is 0.838. The van der Waals surface area contributed by atoms with E-state index in [9.17, 15) is 0 Å². The van der Waals surface area contributed by atoms with Crippen molar-refractivity contribution in [1.82, 2.24) is 10.3 Å². The average Bonchev–Trinajstić information content (AvgIpc) is 2.38. The van der Waals surface area contributed by atoms with Crippen LogP contribution >= 0.6 is 0 Å². The summed E-state index contributed by atoms with van der Waals surface area (Å²) in [6, 6.07) is 4.21. The fraction of sp³-hybridized carbons (Fsp3) is 0.615. The standard InChI is InChI=1S/C13H21N3/c1-14-7-2-12-5-10-16(11-6-12)13-3-8-15-9-4-13/h3-4,8-9,12,14H,2,5-7,10-11H2,1H3. The SMILES string of the molecule is CNCCC1CCN(c2ccncc2)CC1. The van der Waals surface area contributed by atoms with E-state index < -0.39 is 0 Å². The molecule has 1 fully saturated rings. The smallest absolute Gasteiger partial charge is 0.0397 e. The summed E-state index contributed by atoms with van der Waals surface area (Å²) in [4.78, 5) is 6.53. The number of nitrogens with one attached hydrogen (secondary N) is 1. The van der Waals surface area contributed by atoms with Crippen LogP contribution in [0.2, 0.25) is 0 Å². The van der Waals surface area contributed by atoms with Crippen LogP contribution in [0.15, 0.2) is 24.5 Å². The van der Waals surface area contributed by atoms with E-state index in [0.29, 0.717) is 0 Å². The molecule has 1 aliphatic heterocycles. The summed E-state index contributed by atoms with van der Waals surface area (Å²) in [5.41, 5.74) is 1.32. The van der Waals surface area contributed by atoms with Gasteiger partial charge in [0.25, 0.3) is 0 Å². The maximum Gasteiger partial charge on any atom is 0.0397 e. The van der Waals surface area contributed by atoms with Crippen molar-refractivity contribution in [2.75, 3.05) is 31.6 Å². The van der Waals surface area contributed by atoms with Gasteiger partial charge in [-0.15, -0.1) is 0 Å². The highest BCUT2D eigenvalue weighted by Crippen LogP contribution is 2.24. The van der Waals surface area contributed by atoms with E-state index in [1.165, 1.54) is 38.0 Å². The molecule has 88 valence electrons. The van der Waals surface area contributed by atoms with E-state index in [1.54, 1.807) is 0 Å². The van der Waals surface area contributed by atoms with Gasteiger partial charge in [-0.25, -0.2) is 0 Å². The van der Waals surface area contributed by atoms with E-state index in [1.807, 2.05) is 19.4 Å². The number of nitrogens with zero attached hydrogens (tertiary/aromatic N) is 2. The van der Waals surface area contributed by atoms with Crippen molar-refractivity contribution >= 4 is 5.69 Å². The van der Waals surface area contributed by atoms with Crippen molar-refractivity contribution in [3.05, 3.63) is 24.5 Å². The Morgan fingerprint density at radius 1 is 1.31 bits per heavy atom. The zero-order chi connectivity index (χ0) is 11.2. The van der Waals surface area contributed by atoms with Gasteiger partial charge in [-0.1, -0.05) is 0 Å². The number of rotatable bonds is 4. The van der Waals surface area contributed by atoms with E-state index in [0.717, 1.165) is 12.5 Å². The zero-order valence-corrected chi connectivity index (χ0v) is 10.0. The Balaban J connectivity index is 1.81. The van der Waals surface area contributed by atoms with Crippen molar-refractivity contribution in [2.45, 2.75) is 19.3 Å². The van der Waals surface area contributed by atoms with Gasteiger partial charge in [0.1, 0.15) is 0 Å². The molecule has 0 unspecified atom stereocenters. The third-order valence-electron chi connectivity index (χ3n) is 3.44. The van der Waals surface area contributed by atoms with Crippen LogP contribution in [0.3, 0.4) is 0 Å². The second kappa shape index (κ2) is 5.85. The van der Waals surface area contributed by atoms with Crippen molar-refractivity contribution in [1.29, 1.82) is 0 Å². The second-order valence-electron chi connectivity index (χ2n) is 4.53. The Hall–Kier alpha value is -1.09. The molecule has 0 radical (unpaired) electrons. The summed E-state index contributed by atoms with van der Waals surface area (Å²) >= 11 is 0. The van der Waals surface area contributed by atoms with Crippen LogP contribution in [0.1, 0.15) is 19.3 Å². The molecule has 0 spiro atoms. The molecule has 0 saturated carbocycles. The van der Waals surface area contributed by atoms with Gasteiger partial charge in [0, 0.05) is 31.2 Å². The largest absolute Gasteiger partial charge is 0.371 e. The molecule has 0 bridgehead atoms. The molecule has 16 heavy (non-hydrogen) atoms. The van der Waals surface area contributed by atoms with Gasteiger partial charge < -0.3 is 10.2 Å². The number of aromatic nitrogens is 1. The number of hydrogen-bond acceptors (Lipinski definition) is 3. The molecule has 0 atom stereocenters. The summed E-state index contributed by atoms with van der Waals surface area (Å²) in [5.74, 6) is 0.908. The lowest BCUT2D eigenvalue weighted by Crippen LogP contribution is -2.34. The minimum absolute atomic E-state index is 0.908. The van der Waals surface area contributed by atoms with Crippen LogP contribution in [0, 0.1) is 5.92 Å². The molecule has 0 amide bonds. The molecular weight excluding hydrogens is 198 g/mol. The van der Waals surface area contributed by atoms with Gasteiger partial charge in [-0.2, -0.15) is 0 Å². The first-order chi connectivity index (χ1) is 7.90. The fourth-order valence-electron chi connectivity index (χ4n) is 2.38. The Morgan fingerprint density at radius 2 is 2.00 bits per heavy atom. The normalized spacial score (nSPS) is 17.7. The minimum atomic E-state index is 0.908. The number of pyridine rings is 1. The first-order valence-corrected chi connectivity index (χ1v) is 6.19. The topological polar surface area (TPSA) is 28.2 Å². The van der Waals surface area contributed by atoms with Crippen molar-refractivity contribution in [3.63, 3.8) is 0 Å². The van der Waals surface area contributed by atoms with Gasteiger partial charge in [0.15, 0.2) is 0 Å². The predicted molar refractivity (Wildman–Crippen MR) is 67.7 cm³/mol. The zero-order valence-electron chi connectivity index (χ0n) is 10.0. The van der Waals surface area contributed by atoms with E-state index >= 15 is 0 Å². The summed E-state index contributed by atoms with van der Waals surface area (Å²) in [7, 11) is 2.03. The maximum absolute atomic E-state index is 4.06. The third-order valence-corrected chi connectivity index (χ3v) is 3.44. The first-order valence-electron chi connectivity index (χ1n) is 6.19. The summed E-state index contributed by atoms with van der Waals surface area (Å²) in [5, 5.41) is 3.24. The number of piperidine rings is 1. The molecular formula is C13H21N3. The highest BCUT2D eigenvalue weighted by molar-refractivity contribution is 5.44. The van der Waals surface area contributed by atoms with Crippen LogP contribution in [0.5, 0.6) is 0 Å². The van der Waals surface area contributed by atoms with Crippen LogP contribution in [-0.4, -0.2) is 31.7 Å². The molecule has 1 aromatic rings. The third kappa shape index (κ3) is 2.95. The molecule has 3 nitrogen and oxygen atoms in total. The molecule has 2 rings (SSSR count). The van der Waals surface area contributed by atoms with Crippen LogP contribution in [0.4, 0.5) is 5.69 Å². The Kier molecular flexibility index (Phi) is 4.17. The molecule has 3 heteroatoms. The molecule has 1 aliphatic rings. The molecule has 1 N–H and O–H groups in total. The van der Waals surface area contributed by atoms with Gasteiger partial charge in [0.2, 0.25) is 0 Å². The van der Waals surface area contributed by atoms with Crippen molar-refractivity contribution in [2.24, 2.45) is 5.92 Å². The highest BCUT2D eigenvalue weighted by atomic mass is 15.1. The van der Waals surface area contributed by atoms with E-state index in [2.05, 4.69) is 27.3 Å². The Labute approximate surface area is 97.9 Å². The molecule has 0 aliphatic carbocycles. The van der Waals surface area contributed by atoms with Crippen LogP contribution in [-0.2, 0) is 0 Å². The van der Waals surface area contributed by atoms with Gasteiger partial charge in [-0.05, 0) is 50.9 Å². The molecule has 2 heterocycles. The predicted octanol–water partition coefficient (Wildman–Crippen LogP) is 1.91. The van der Waals surface area contributed by atoms with Gasteiger partial charge in [0.05, 0.1) is 0 Å².